The molecule has 1 aromatic heterocycles. The van der Waals surface area contributed by atoms with Gasteiger partial charge in [-0.3, -0.25) is 4.90 Å². The minimum absolute atomic E-state index is 0.204. The van der Waals surface area contributed by atoms with E-state index in [2.05, 4.69) is 41.6 Å². The van der Waals surface area contributed by atoms with Crippen LogP contribution >= 0.6 is 0 Å². The number of aliphatic hydroxyl groups is 1. The first-order chi connectivity index (χ1) is 12.0. The van der Waals surface area contributed by atoms with Gasteiger partial charge in [0, 0.05) is 31.5 Å². The molecule has 0 bridgehead atoms. The first kappa shape index (κ1) is 19.7. The average molecular weight is 346 g/mol. The molecule has 2 aromatic rings. The zero-order valence-corrected chi connectivity index (χ0v) is 15.7. The fraction of sp³-hybridized carbons (Fsp3) is 0.524. The molecular weight excluding hydrogens is 315 g/mol. The van der Waals surface area contributed by atoms with E-state index in [0.717, 1.165) is 38.0 Å². The van der Waals surface area contributed by atoms with Gasteiger partial charge in [0.1, 0.15) is 5.82 Å². The van der Waals surface area contributed by atoms with Gasteiger partial charge in [-0.05, 0) is 55.1 Å². The van der Waals surface area contributed by atoms with Crippen molar-refractivity contribution in [2.45, 2.75) is 52.8 Å². The number of hydrogen-bond acceptors (Lipinski definition) is 2. The van der Waals surface area contributed by atoms with Crippen LogP contribution < -0.4 is 0 Å². The van der Waals surface area contributed by atoms with Crippen molar-refractivity contribution in [3.05, 3.63) is 59.7 Å². The van der Waals surface area contributed by atoms with Crippen LogP contribution in [-0.2, 0) is 13.1 Å². The molecule has 1 atom stereocenters. The van der Waals surface area contributed by atoms with Crippen molar-refractivity contribution in [2.24, 2.45) is 5.92 Å². The molecule has 1 heterocycles. The second-order valence-electron chi connectivity index (χ2n) is 7.23. The van der Waals surface area contributed by atoms with Gasteiger partial charge in [0.15, 0.2) is 0 Å². The van der Waals surface area contributed by atoms with Crippen LogP contribution in [0.2, 0.25) is 0 Å². The molecule has 0 spiro atoms. The number of halogens is 1. The van der Waals surface area contributed by atoms with Crippen LogP contribution in [0.4, 0.5) is 4.39 Å². The van der Waals surface area contributed by atoms with E-state index >= 15 is 0 Å². The summed E-state index contributed by atoms with van der Waals surface area (Å²) in [5, 5.41) is 10.1. The highest BCUT2D eigenvalue weighted by atomic mass is 19.1. The predicted octanol–water partition coefficient (Wildman–Crippen LogP) is 4.29. The molecule has 0 aliphatic rings. The summed E-state index contributed by atoms with van der Waals surface area (Å²) in [7, 11) is 0. The highest BCUT2D eigenvalue weighted by Gasteiger charge is 2.13. The van der Waals surface area contributed by atoms with Crippen LogP contribution in [-0.4, -0.2) is 33.8 Å². The normalized spacial score (nSPS) is 12.9. The Bertz CT molecular complexity index is 621. The van der Waals surface area contributed by atoms with Crippen LogP contribution in [0.3, 0.4) is 0 Å². The molecule has 0 aliphatic carbocycles. The Labute approximate surface area is 151 Å². The van der Waals surface area contributed by atoms with Crippen molar-refractivity contribution in [3.8, 4) is 0 Å². The number of hydrogen-bond donors (Lipinski definition) is 1. The maximum atomic E-state index is 13.1. The van der Waals surface area contributed by atoms with Crippen LogP contribution in [0.1, 0.15) is 44.9 Å². The van der Waals surface area contributed by atoms with Crippen LogP contribution in [0.5, 0.6) is 0 Å². The average Bonchev–Trinajstić information content (AvgIpc) is 3.01. The Morgan fingerprint density at radius 2 is 1.88 bits per heavy atom. The standard InChI is InChI=1S/C21H31FN2O/c1-4-21(25)16-23(13-11-17(2)3)15-20-6-5-12-24(20)14-18-7-9-19(22)10-8-18/h5-10,12,17,21,25H,4,11,13-16H2,1-3H3/t21-/m0/s1. The lowest BCUT2D eigenvalue weighted by Crippen LogP contribution is -2.33. The molecule has 0 aliphatic heterocycles. The lowest BCUT2D eigenvalue weighted by Gasteiger charge is -2.26. The monoisotopic (exact) mass is 346 g/mol. The van der Waals surface area contributed by atoms with E-state index < -0.39 is 0 Å². The Hall–Kier alpha value is -1.65. The van der Waals surface area contributed by atoms with Gasteiger partial charge >= 0.3 is 0 Å². The maximum Gasteiger partial charge on any atom is 0.123 e. The summed E-state index contributed by atoms with van der Waals surface area (Å²) in [6, 6.07) is 10.9. The summed E-state index contributed by atoms with van der Waals surface area (Å²) in [5.74, 6) is 0.442. The Kier molecular flexibility index (Phi) is 7.66. The van der Waals surface area contributed by atoms with Crippen molar-refractivity contribution in [3.63, 3.8) is 0 Å². The van der Waals surface area contributed by atoms with Crippen molar-refractivity contribution in [2.75, 3.05) is 13.1 Å². The van der Waals surface area contributed by atoms with Crippen molar-refractivity contribution in [1.82, 2.24) is 9.47 Å². The molecule has 0 unspecified atom stereocenters. The summed E-state index contributed by atoms with van der Waals surface area (Å²) in [6.45, 7) is 9.70. The molecule has 0 saturated carbocycles. The summed E-state index contributed by atoms with van der Waals surface area (Å²) >= 11 is 0. The third kappa shape index (κ3) is 6.63. The van der Waals surface area contributed by atoms with Gasteiger partial charge in [0.2, 0.25) is 0 Å². The fourth-order valence-electron chi connectivity index (χ4n) is 2.87. The van der Waals surface area contributed by atoms with E-state index in [1.165, 1.54) is 17.8 Å². The molecule has 0 saturated heterocycles. The van der Waals surface area contributed by atoms with Gasteiger partial charge in [-0.15, -0.1) is 0 Å². The molecule has 4 heteroatoms. The molecular formula is C21H31FN2O. The minimum Gasteiger partial charge on any atom is -0.392 e. The first-order valence-corrected chi connectivity index (χ1v) is 9.26. The molecule has 0 fully saturated rings. The molecule has 1 N–H and O–H groups in total. The Morgan fingerprint density at radius 3 is 2.52 bits per heavy atom. The number of nitrogens with zero attached hydrogens (tertiary/aromatic N) is 2. The SMILES string of the molecule is CC[C@H](O)CN(CCC(C)C)Cc1cccn1Cc1ccc(F)cc1. The number of aliphatic hydroxyl groups excluding tert-OH is 1. The second-order valence-corrected chi connectivity index (χ2v) is 7.23. The van der Waals surface area contributed by atoms with Crippen LogP contribution in [0, 0.1) is 11.7 Å². The maximum absolute atomic E-state index is 13.1. The number of benzene rings is 1. The smallest absolute Gasteiger partial charge is 0.123 e. The minimum atomic E-state index is -0.285. The molecule has 1 aromatic carbocycles. The third-order valence-electron chi connectivity index (χ3n) is 4.54. The summed E-state index contributed by atoms with van der Waals surface area (Å²) in [4.78, 5) is 2.34. The van der Waals surface area contributed by atoms with E-state index in [4.69, 9.17) is 0 Å². The molecule has 2 rings (SSSR count). The van der Waals surface area contributed by atoms with Gasteiger partial charge < -0.3 is 9.67 Å². The van der Waals surface area contributed by atoms with Gasteiger partial charge in [-0.2, -0.15) is 0 Å². The number of aromatic nitrogens is 1. The second kappa shape index (κ2) is 9.73. The lowest BCUT2D eigenvalue weighted by atomic mass is 10.1. The summed E-state index contributed by atoms with van der Waals surface area (Å²) in [5.41, 5.74) is 2.30. The van der Waals surface area contributed by atoms with E-state index in [9.17, 15) is 9.50 Å². The van der Waals surface area contributed by atoms with Gasteiger partial charge in [-0.1, -0.05) is 32.9 Å². The van der Waals surface area contributed by atoms with Gasteiger partial charge in [0.25, 0.3) is 0 Å². The Balaban J connectivity index is 2.05. The topological polar surface area (TPSA) is 28.4 Å². The molecule has 0 radical (unpaired) electrons. The molecule has 3 nitrogen and oxygen atoms in total. The van der Waals surface area contributed by atoms with Gasteiger partial charge in [0.05, 0.1) is 6.10 Å². The Morgan fingerprint density at radius 1 is 1.16 bits per heavy atom. The van der Waals surface area contributed by atoms with E-state index in [1.807, 2.05) is 19.1 Å². The van der Waals surface area contributed by atoms with Crippen molar-refractivity contribution >= 4 is 0 Å². The van der Waals surface area contributed by atoms with Crippen molar-refractivity contribution < 1.29 is 9.50 Å². The highest BCUT2D eigenvalue weighted by Crippen LogP contribution is 2.13. The molecule has 25 heavy (non-hydrogen) atoms. The first-order valence-electron chi connectivity index (χ1n) is 9.26. The number of rotatable bonds is 10. The van der Waals surface area contributed by atoms with E-state index in [0.29, 0.717) is 12.5 Å². The fourth-order valence-corrected chi connectivity index (χ4v) is 2.87. The van der Waals surface area contributed by atoms with E-state index in [-0.39, 0.29) is 11.9 Å². The van der Waals surface area contributed by atoms with Crippen LogP contribution in [0.15, 0.2) is 42.6 Å². The van der Waals surface area contributed by atoms with Gasteiger partial charge in [-0.25, -0.2) is 4.39 Å². The highest BCUT2D eigenvalue weighted by molar-refractivity contribution is 5.18. The summed E-state index contributed by atoms with van der Waals surface area (Å²) in [6.07, 6.45) is 3.67. The largest absolute Gasteiger partial charge is 0.392 e. The zero-order chi connectivity index (χ0) is 18.2. The molecule has 138 valence electrons. The summed E-state index contributed by atoms with van der Waals surface area (Å²) < 4.78 is 15.3. The quantitative estimate of drug-likeness (QED) is 0.695. The third-order valence-corrected chi connectivity index (χ3v) is 4.54. The zero-order valence-electron chi connectivity index (χ0n) is 15.7. The van der Waals surface area contributed by atoms with E-state index in [1.54, 1.807) is 0 Å². The van der Waals surface area contributed by atoms with Crippen molar-refractivity contribution in [1.29, 1.82) is 0 Å². The molecule has 0 amide bonds. The predicted molar refractivity (Wildman–Crippen MR) is 101 cm³/mol. The van der Waals surface area contributed by atoms with Crippen LogP contribution in [0.25, 0.3) is 0 Å². The lowest BCUT2D eigenvalue weighted by molar-refractivity contribution is 0.101.